The van der Waals surface area contributed by atoms with Gasteiger partial charge in [0.25, 0.3) is 0 Å². The van der Waals surface area contributed by atoms with Gasteiger partial charge in [-0.3, -0.25) is 0 Å². The molecule has 2 nitrogen and oxygen atoms in total. The van der Waals surface area contributed by atoms with Gasteiger partial charge in [-0.15, -0.1) is 0 Å². The summed E-state index contributed by atoms with van der Waals surface area (Å²) in [5, 5.41) is 9.75. The van der Waals surface area contributed by atoms with Crippen molar-refractivity contribution in [1.29, 1.82) is 0 Å². The molecule has 2 aromatic carbocycles. The van der Waals surface area contributed by atoms with Crippen molar-refractivity contribution in [1.82, 2.24) is 0 Å². The zero-order valence-electron chi connectivity index (χ0n) is 9.48. The Bertz CT molecular complexity index is 523. The van der Waals surface area contributed by atoms with E-state index in [9.17, 15) is 5.11 Å². The van der Waals surface area contributed by atoms with Crippen LogP contribution in [0.15, 0.2) is 46.9 Å². The SMILES string of the molecule is COc1c(Br)cccc1Cc1ccccc1O. The lowest BCUT2D eigenvalue weighted by Crippen LogP contribution is -1.95. The van der Waals surface area contributed by atoms with Gasteiger partial charge < -0.3 is 9.84 Å². The predicted molar refractivity (Wildman–Crippen MR) is 71.6 cm³/mol. The molecule has 0 saturated heterocycles. The van der Waals surface area contributed by atoms with Gasteiger partial charge in [0, 0.05) is 6.42 Å². The number of benzene rings is 2. The van der Waals surface area contributed by atoms with Gasteiger partial charge in [-0.2, -0.15) is 0 Å². The molecular formula is C14H13BrO2. The molecule has 0 aliphatic carbocycles. The van der Waals surface area contributed by atoms with Crippen LogP contribution in [-0.2, 0) is 6.42 Å². The molecule has 0 atom stereocenters. The van der Waals surface area contributed by atoms with Crippen LogP contribution in [0.3, 0.4) is 0 Å². The molecule has 0 fully saturated rings. The Hall–Kier alpha value is -1.48. The van der Waals surface area contributed by atoms with E-state index in [0.29, 0.717) is 12.2 Å². The fourth-order valence-corrected chi connectivity index (χ4v) is 2.36. The molecule has 0 heterocycles. The number of rotatable bonds is 3. The first kappa shape index (κ1) is 12.0. The fraction of sp³-hybridized carbons (Fsp3) is 0.143. The molecule has 0 aromatic heterocycles. The van der Waals surface area contributed by atoms with Gasteiger partial charge in [0.1, 0.15) is 11.5 Å². The molecule has 0 spiro atoms. The van der Waals surface area contributed by atoms with Crippen molar-refractivity contribution < 1.29 is 9.84 Å². The van der Waals surface area contributed by atoms with Crippen LogP contribution in [0.5, 0.6) is 11.5 Å². The molecule has 0 amide bonds. The van der Waals surface area contributed by atoms with Crippen LogP contribution in [0.25, 0.3) is 0 Å². The lowest BCUT2D eigenvalue weighted by molar-refractivity contribution is 0.407. The second-order valence-corrected chi connectivity index (χ2v) is 4.59. The van der Waals surface area contributed by atoms with Crippen LogP contribution in [0, 0.1) is 0 Å². The van der Waals surface area contributed by atoms with E-state index in [2.05, 4.69) is 15.9 Å². The molecule has 0 saturated carbocycles. The van der Waals surface area contributed by atoms with Crippen LogP contribution >= 0.6 is 15.9 Å². The summed E-state index contributed by atoms with van der Waals surface area (Å²) >= 11 is 3.45. The highest BCUT2D eigenvalue weighted by Crippen LogP contribution is 2.31. The van der Waals surface area contributed by atoms with Crippen LogP contribution in [-0.4, -0.2) is 12.2 Å². The molecule has 0 aliphatic rings. The zero-order valence-corrected chi connectivity index (χ0v) is 11.1. The van der Waals surface area contributed by atoms with Crippen LogP contribution in [0.4, 0.5) is 0 Å². The summed E-state index contributed by atoms with van der Waals surface area (Å²) < 4.78 is 6.28. The second-order valence-electron chi connectivity index (χ2n) is 3.74. The van der Waals surface area contributed by atoms with Gasteiger partial charge in [-0.1, -0.05) is 30.3 Å². The van der Waals surface area contributed by atoms with E-state index in [0.717, 1.165) is 21.3 Å². The Kier molecular flexibility index (Phi) is 3.69. The lowest BCUT2D eigenvalue weighted by atomic mass is 10.0. The molecule has 1 N–H and O–H groups in total. The third-order valence-electron chi connectivity index (χ3n) is 2.63. The maximum absolute atomic E-state index is 9.75. The van der Waals surface area contributed by atoms with E-state index >= 15 is 0 Å². The highest BCUT2D eigenvalue weighted by Gasteiger charge is 2.09. The van der Waals surface area contributed by atoms with Gasteiger partial charge in [0.05, 0.1) is 11.6 Å². The van der Waals surface area contributed by atoms with Gasteiger partial charge in [0.2, 0.25) is 0 Å². The number of halogens is 1. The number of ether oxygens (including phenoxy) is 1. The van der Waals surface area contributed by atoms with Crippen molar-refractivity contribution in [2.45, 2.75) is 6.42 Å². The molecule has 0 unspecified atom stereocenters. The number of methoxy groups -OCH3 is 1. The highest BCUT2D eigenvalue weighted by molar-refractivity contribution is 9.10. The Morgan fingerprint density at radius 2 is 1.76 bits per heavy atom. The van der Waals surface area contributed by atoms with E-state index < -0.39 is 0 Å². The monoisotopic (exact) mass is 292 g/mol. The van der Waals surface area contributed by atoms with Gasteiger partial charge >= 0.3 is 0 Å². The normalized spacial score (nSPS) is 10.2. The van der Waals surface area contributed by atoms with Gasteiger partial charge in [0.15, 0.2) is 0 Å². The Morgan fingerprint density at radius 3 is 2.47 bits per heavy atom. The number of para-hydroxylation sites is 2. The van der Waals surface area contributed by atoms with Crippen molar-refractivity contribution in [3.63, 3.8) is 0 Å². The topological polar surface area (TPSA) is 29.5 Å². The second kappa shape index (κ2) is 5.23. The first-order valence-corrected chi connectivity index (χ1v) is 6.10. The average molecular weight is 293 g/mol. The van der Waals surface area contributed by atoms with E-state index in [1.165, 1.54) is 0 Å². The minimum absolute atomic E-state index is 0.314. The standard InChI is InChI=1S/C14H13BrO2/c1-17-14-11(6-4-7-12(14)15)9-10-5-2-3-8-13(10)16/h2-8,16H,9H2,1H3. The molecule has 17 heavy (non-hydrogen) atoms. The highest BCUT2D eigenvalue weighted by atomic mass is 79.9. The van der Waals surface area contributed by atoms with Crippen LogP contribution in [0.2, 0.25) is 0 Å². The first-order valence-electron chi connectivity index (χ1n) is 5.30. The predicted octanol–water partition coefficient (Wildman–Crippen LogP) is 3.75. The molecule has 0 aliphatic heterocycles. The first-order chi connectivity index (χ1) is 8.22. The molecule has 88 valence electrons. The lowest BCUT2D eigenvalue weighted by Gasteiger charge is -2.11. The van der Waals surface area contributed by atoms with Crippen molar-refractivity contribution in [2.75, 3.05) is 7.11 Å². The third-order valence-corrected chi connectivity index (χ3v) is 3.25. The van der Waals surface area contributed by atoms with E-state index in [-0.39, 0.29) is 0 Å². The maximum Gasteiger partial charge on any atom is 0.136 e. The minimum Gasteiger partial charge on any atom is -0.508 e. The van der Waals surface area contributed by atoms with Gasteiger partial charge in [-0.05, 0) is 39.2 Å². The number of hydrogen-bond acceptors (Lipinski definition) is 2. The number of phenolic OH excluding ortho intramolecular Hbond substituents is 1. The maximum atomic E-state index is 9.75. The summed E-state index contributed by atoms with van der Waals surface area (Å²) in [5.41, 5.74) is 1.94. The summed E-state index contributed by atoms with van der Waals surface area (Å²) in [4.78, 5) is 0. The van der Waals surface area contributed by atoms with Crippen LogP contribution < -0.4 is 4.74 Å². The van der Waals surface area contributed by atoms with Crippen molar-refractivity contribution >= 4 is 15.9 Å². The van der Waals surface area contributed by atoms with Crippen molar-refractivity contribution in [2.24, 2.45) is 0 Å². The number of aromatic hydroxyl groups is 1. The summed E-state index contributed by atoms with van der Waals surface area (Å²) in [5.74, 6) is 1.13. The molecule has 2 rings (SSSR count). The Labute approximate surface area is 109 Å². The van der Waals surface area contributed by atoms with Crippen LogP contribution in [0.1, 0.15) is 11.1 Å². The summed E-state index contributed by atoms with van der Waals surface area (Å²) in [6.07, 6.45) is 0.648. The summed E-state index contributed by atoms with van der Waals surface area (Å²) in [7, 11) is 1.65. The van der Waals surface area contributed by atoms with E-state index in [4.69, 9.17) is 4.74 Å². The van der Waals surface area contributed by atoms with Crippen molar-refractivity contribution in [3.05, 3.63) is 58.1 Å². The quantitative estimate of drug-likeness (QED) is 0.933. The molecule has 2 aromatic rings. The zero-order chi connectivity index (χ0) is 12.3. The summed E-state index contributed by atoms with van der Waals surface area (Å²) in [6, 6.07) is 13.2. The summed E-state index contributed by atoms with van der Waals surface area (Å²) in [6.45, 7) is 0. The minimum atomic E-state index is 0.314. The molecular weight excluding hydrogens is 280 g/mol. The Morgan fingerprint density at radius 1 is 1.06 bits per heavy atom. The molecule has 3 heteroatoms. The van der Waals surface area contributed by atoms with E-state index in [1.54, 1.807) is 13.2 Å². The fourth-order valence-electron chi connectivity index (χ4n) is 1.79. The van der Waals surface area contributed by atoms with E-state index in [1.807, 2.05) is 36.4 Å². The number of hydrogen-bond donors (Lipinski definition) is 1. The Balaban J connectivity index is 2.37. The largest absolute Gasteiger partial charge is 0.508 e. The molecule has 0 bridgehead atoms. The molecule has 0 radical (unpaired) electrons. The smallest absolute Gasteiger partial charge is 0.136 e. The number of phenols is 1. The van der Waals surface area contributed by atoms with Gasteiger partial charge in [-0.25, -0.2) is 0 Å². The third kappa shape index (κ3) is 2.61. The van der Waals surface area contributed by atoms with Crippen molar-refractivity contribution in [3.8, 4) is 11.5 Å². The average Bonchev–Trinajstić information content (AvgIpc) is 2.32.